The van der Waals surface area contributed by atoms with Crippen LogP contribution in [0.25, 0.3) is 0 Å². The van der Waals surface area contributed by atoms with Crippen molar-refractivity contribution in [3.8, 4) is 5.75 Å². The minimum Gasteiger partial charge on any atom is -0.484 e. The van der Waals surface area contributed by atoms with Crippen molar-refractivity contribution in [1.82, 2.24) is 14.9 Å². The van der Waals surface area contributed by atoms with E-state index in [-0.39, 0.29) is 5.82 Å². The smallest absolute Gasteiger partial charge is 0.165 e. The van der Waals surface area contributed by atoms with Gasteiger partial charge < -0.3 is 14.6 Å². The molecule has 1 N–H and O–H groups in total. The van der Waals surface area contributed by atoms with Crippen LogP contribution in [-0.2, 0) is 19.7 Å². The van der Waals surface area contributed by atoms with Crippen LogP contribution in [0, 0.1) is 5.82 Å². The molecule has 0 atom stereocenters. The van der Waals surface area contributed by atoms with Crippen molar-refractivity contribution in [2.45, 2.75) is 33.0 Å². The fourth-order valence-corrected chi connectivity index (χ4v) is 2.10. The lowest BCUT2D eigenvalue weighted by atomic mass is 10.2. The van der Waals surface area contributed by atoms with Crippen molar-refractivity contribution < 1.29 is 9.13 Å². The van der Waals surface area contributed by atoms with Crippen LogP contribution < -0.4 is 10.1 Å². The summed E-state index contributed by atoms with van der Waals surface area (Å²) in [7, 11) is 1.82. The highest BCUT2D eigenvalue weighted by Crippen LogP contribution is 2.23. The molecule has 1 aromatic heterocycles. The van der Waals surface area contributed by atoms with Crippen molar-refractivity contribution >= 4 is 0 Å². The Bertz CT molecular complexity index is 554. The molecule has 0 aliphatic carbocycles. The standard InChI is InChI=1S/C15H20FN3O/c1-3-7-19-11-18-9-13(19)10-20-15-12(8-17-2)5-4-6-14(15)16/h4-6,9,11,17H,3,7-8,10H2,1-2H3. The average Bonchev–Trinajstić information content (AvgIpc) is 2.86. The Kier molecular flexibility index (Phi) is 5.12. The number of aromatic nitrogens is 2. The molecule has 0 aliphatic rings. The maximum Gasteiger partial charge on any atom is 0.165 e. The number of aryl methyl sites for hydroxylation is 1. The van der Waals surface area contributed by atoms with Crippen molar-refractivity contribution in [2.24, 2.45) is 0 Å². The van der Waals surface area contributed by atoms with E-state index in [1.165, 1.54) is 6.07 Å². The molecule has 108 valence electrons. The van der Waals surface area contributed by atoms with Crippen LogP contribution in [-0.4, -0.2) is 16.6 Å². The van der Waals surface area contributed by atoms with Crippen LogP contribution in [0.15, 0.2) is 30.7 Å². The van der Waals surface area contributed by atoms with Gasteiger partial charge in [-0.15, -0.1) is 0 Å². The Hall–Kier alpha value is -1.88. The SMILES string of the molecule is CCCn1cncc1COc1c(F)cccc1CNC. The average molecular weight is 277 g/mol. The van der Waals surface area contributed by atoms with E-state index in [4.69, 9.17) is 4.74 Å². The first kappa shape index (κ1) is 14.5. The number of hydrogen-bond donors (Lipinski definition) is 1. The van der Waals surface area contributed by atoms with Crippen molar-refractivity contribution in [3.63, 3.8) is 0 Å². The molecule has 0 amide bonds. The molecular formula is C15H20FN3O. The number of ether oxygens (including phenoxy) is 1. The first-order valence-corrected chi connectivity index (χ1v) is 6.80. The lowest BCUT2D eigenvalue weighted by molar-refractivity contribution is 0.276. The Morgan fingerprint density at radius 1 is 1.40 bits per heavy atom. The third kappa shape index (κ3) is 3.36. The summed E-state index contributed by atoms with van der Waals surface area (Å²) in [6.07, 6.45) is 4.56. The summed E-state index contributed by atoms with van der Waals surface area (Å²) >= 11 is 0. The van der Waals surface area contributed by atoms with Gasteiger partial charge in [0.15, 0.2) is 11.6 Å². The molecule has 0 saturated carbocycles. The van der Waals surface area contributed by atoms with E-state index >= 15 is 0 Å². The molecule has 0 aliphatic heterocycles. The second-order valence-corrected chi connectivity index (χ2v) is 4.63. The number of benzene rings is 1. The highest BCUT2D eigenvalue weighted by molar-refractivity contribution is 5.35. The highest BCUT2D eigenvalue weighted by Gasteiger charge is 2.10. The second-order valence-electron chi connectivity index (χ2n) is 4.63. The van der Waals surface area contributed by atoms with E-state index in [2.05, 4.69) is 17.2 Å². The molecule has 20 heavy (non-hydrogen) atoms. The van der Waals surface area contributed by atoms with Crippen molar-refractivity contribution in [2.75, 3.05) is 7.05 Å². The van der Waals surface area contributed by atoms with Gasteiger partial charge in [0.05, 0.1) is 18.2 Å². The van der Waals surface area contributed by atoms with Crippen LogP contribution in [0.3, 0.4) is 0 Å². The lowest BCUT2D eigenvalue weighted by Crippen LogP contribution is -2.10. The molecule has 0 bridgehead atoms. The zero-order valence-electron chi connectivity index (χ0n) is 11.9. The van der Waals surface area contributed by atoms with Crippen LogP contribution >= 0.6 is 0 Å². The van der Waals surface area contributed by atoms with Gasteiger partial charge in [-0.2, -0.15) is 0 Å². The van der Waals surface area contributed by atoms with Gasteiger partial charge in [0.2, 0.25) is 0 Å². The zero-order valence-corrected chi connectivity index (χ0v) is 11.9. The zero-order chi connectivity index (χ0) is 14.4. The third-order valence-corrected chi connectivity index (χ3v) is 3.04. The predicted molar refractivity (Wildman–Crippen MR) is 76.0 cm³/mol. The molecule has 0 spiro atoms. The largest absolute Gasteiger partial charge is 0.484 e. The fourth-order valence-electron chi connectivity index (χ4n) is 2.10. The Balaban J connectivity index is 2.12. The first-order chi connectivity index (χ1) is 9.76. The van der Waals surface area contributed by atoms with Crippen LogP contribution in [0.2, 0.25) is 0 Å². The summed E-state index contributed by atoms with van der Waals surface area (Å²) in [5.41, 5.74) is 1.76. The van der Waals surface area contributed by atoms with Gasteiger partial charge in [0.1, 0.15) is 6.61 Å². The minimum absolute atomic E-state index is 0.311. The number of hydrogen-bond acceptors (Lipinski definition) is 3. The molecule has 0 fully saturated rings. The molecule has 0 saturated heterocycles. The summed E-state index contributed by atoms with van der Waals surface area (Å²) in [5.74, 6) is -0.0228. The quantitative estimate of drug-likeness (QED) is 0.846. The van der Waals surface area contributed by atoms with Gasteiger partial charge >= 0.3 is 0 Å². The Morgan fingerprint density at radius 2 is 2.25 bits per heavy atom. The van der Waals surface area contributed by atoms with E-state index in [0.717, 1.165) is 24.2 Å². The highest BCUT2D eigenvalue weighted by atomic mass is 19.1. The third-order valence-electron chi connectivity index (χ3n) is 3.04. The molecule has 5 heteroatoms. The van der Waals surface area contributed by atoms with Crippen LogP contribution in [0.4, 0.5) is 4.39 Å². The summed E-state index contributed by atoms with van der Waals surface area (Å²) in [6.45, 7) is 3.88. The van der Waals surface area contributed by atoms with Gasteiger partial charge in [-0.1, -0.05) is 19.1 Å². The van der Waals surface area contributed by atoms with E-state index in [0.29, 0.717) is 18.9 Å². The summed E-state index contributed by atoms with van der Waals surface area (Å²) in [5, 5.41) is 3.01. The molecule has 0 unspecified atom stereocenters. The number of nitrogens with one attached hydrogen (secondary N) is 1. The molecule has 0 radical (unpaired) electrons. The number of imidazole rings is 1. The molecule has 2 aromatic rings. The maximum atomic E-state index is 13.9. The lowest BCUT2D eigenvalue weighted by Gasteiger charge is -2.13. The summed E-state index contributed by atoms with van der Waals surface area (Å²) in [6, 6.07) is 4.96. The van der Waals surface area contributed by atoms with Crippen LogP contribution in [0.5, 0.6) is 5.75 Å². The Morgan fingerprint density at radius 3 is 3.00 bits per heavy atom. The topological polar surface area (TPSA) is 39.1 Å². The number of halogens is 1. The van der Waals surface area contributed by atoms with Gasteiger partial charge in [-0.25, -0.2) is 9.37 Å². The fraction of sp³-hybridized carbons (Fsp3) is 0.400. The van der Waals surface area contributed by atoms with E-state index in [1.54, 1.807) is 18.6 Å². The van der Waals surface area contributed by atoms with Crippen molar-refractivity contribution in [3.05, 3.63) is 47.8 Å². The van der Waals surface area contributed by atoms with Gasteiger partial charge in [0, 0.05) is 18.7 Å². The molecule has 2 rings (SSSR count). The predicted octanol–water partition coefficient (Wildman–Crippen LogP) is 2.73. The second kappa shape index (κ2) is 7.05. The number of para-hydroxylation sites is 1. The summed E-state index contributed by atoms with van der Waals surface area (Å²) in [4.78, 5) is 4.11. The maximum absolute atomic E-state index is 13.9. The van der Waals surface area contributed by atoms with Crippen molar-refractivity contribution in [1.29, 1.82) is 0 Å². The molecule has 1 aromatic carbocycles. The summed E-state index contributed by atoms with van der Waals surface area (Å²) < 4.78 is 21.6. The number of nitrogens with zero attached hydrogens (tertiary/aromatic N) is 2. The van der Waals surface area contributed by atoms with Gasteiger partial charge in [0.25, 0.3) is 0 Å². The van der Waals surface area contributed by atoms with Crippen LogP contribution in [0.1, 0.15) is 24.6 Å². The number of rotatable bonds is 7. The van der Waals surface area contributed by atoms with E-state index in [1.807, 2.05) is 17.7 Å². The molecule has 1 heterocycles. The minimum atomic E-state index is -0.334. The molecular weight excluding hydrogens is 257 g/mol. The van der Waals surface area contributed by atoms with E-state index < -0.39 is 0 Å². The molecule has 4 nitrogen and oxygen atoms in total. The first-order valence-electron chi connectivity index (χ1n) is 6.80. The van der Waals surface area contributed by atoms with Gasteiger partial charge in [-0.05, 0) is 19.5 Å². The Labute approximate surface area is 118 Å². The van der Waals surface area contributed by atoms with Gasteiger partial charge in [-0.3, -0.25) is 0 Å². The van der Waals surface area contributed by atoms with E-state index in [9.17, 15) is 4.39 Å². The normalized spacial score (nSPS) is 10.8. The monoisotopic (exact) mass is 277 g/mol.